The molecule has 1 heteroatoms. The van der Waals surface area contributed by atoms with Crippen molar-refractivity contribution in [1.29, 1.82) is 0 Å². The van der Waals surface area contributed by atoms with E-state index >= 15 is 0 Å². The second-order valence-corrected chi connectivity index (χ2v) is 7.77. The molecule has 1 N–H and O–H groups in total. The molecule has 0 heterocycles. The third kappa shape index (κ3) is 4.26. The molecule has 0 aliphatic heterocycles. The van der Waals surface area contributed by atoms with Crippen LogP contribution in [0.5, 0.6) is 0 Å². The van der Waals surface area contributed by atoms with Gasteiger partial charge in [-0.25, -0.2) is 0 Å². The lowest BCUT2D eigenvalue weighted by Crippen LogP contribution is -2.41. The highest BCUT2D eigenvalue weighted by Crippen LogP contribution is 2.38. The molecular formula is C17H33N. The summed E-state index contributed by atoms with van der Waals surface area (Å²) in [6, 6.07) is 1.66. The molecule has 0 aromatic carbocycles. The van der Waals surface area contributed by atoms with Gasteiger partial charge in [-0.1, -0.05) is 46.5 Å². The molecule has 106 valence electrons. The van der Waals surface area contributed by atoms with Gasteiger partial charge >= 0.3 is 0 Å². The van der Waals surface area contributed by atoms with Gasteiger partial charge in [0.15, 0.2) is 0 Å². The molecule has 0 radical (unpaired) electrons. The molecule has 2 fully saturated rings. The van der Waals surface area contributed by atoms with Crippen LogP contribution in [0.1, 0.15) is 85.0 Å². The molecule has 2 aliphatic carbocycles. The summed E-state index contributed by atoms with van der Waals surface area (Å²) in [4.78, 5) is 0. The first-order valence-corrected chi connectivity index (χ1v) is 8.32. The van der Waals surface area contributed by atoms with Crippen molar-refractivity contribution < 1.29 is 0 Å². The summed E-state index contributed by atoms with van der Waals surface area (Å²) in [5, 5.41) is 3.97. The lowest BCUT2D eigenvalue weighted by molar-refractivity contribution is 0.154. The van der Waals surface area contributed by atoms with E-state index in [1.807, 2.05) is 0 Å². The smallest absolute Gasteiger partial charge is 0.00698 e. The van der Waals surface area contributed by atoms with E-state index in [1.54, 1.807) is 0 Å². The summed E-state index contributed by atoms with van der Waals surface area (Å²) >= 11 is 0. The largest absolute Gasteiger partial charge is 0.311 e. The van der Waals surface area contributed by atoms with Gasteiger partial charge in [-0.15, -0.1) is 0 Å². The first-order valence-electron chi connectivity index (χ1n) is 8.32. The Balaban J connectivity index is 1.72. The summed E-state index contributed by atoms with van der Waals surface area (Å²) < 4.78 is 0. The second-order valence-electron chi connectivity index (χ2n) is 7.77. The van der Waals surface area contributed by atoms with E-state index in [2.05, 4.69) is 26.1 Å². The number of hydrogen-bond acceptors (Lipinski definition) is 1. The lowest BCUT2D eigenvalue weighted by atomic mass is 9.71. The monoisotopic (exact) mass is 251 g/mol. The Morgan fingerprint density at radius 1 is 0.667 bits per heavy atom. The third-order valence-corrected chi connectivity index (χ3v) is 5.28. The van der Waals surface area contributed by atoms with Crippen LogP contribution in [0.25, 0.3) is 0 Å². The van der Waals surface area contributed by atoms with Gasteiger partial charge in [0.2, 0.25) is 0 Å². The van der Waals surface area contributed by atoms with Gasteiger partial charge in [0.1, 0.15) is 0 Å². The number of rotatable bonds is 2. The van der Waals surface area contributed by atoms with Crippen LogP contribution in [-0.4, -0.2) is 12.1 Å². The van der Waals surface area contributed by atoms with Crippen molar-refractivity contribution >= 4 is 0 Å². The minimum absolute atomic E-state index is 0.521. The number of hydrogen-bond donors (Lipinski definition) is 1. The van der Waals surface area contributed by atoms with Crippen molar-refractivity contribution in [3.05, 3.63) is 0 Å². The number of nitrogens with one attached hydrogen (secondary N) is 1. The lowest BCUT2D eigenvalue weighted by Gasteiger charge is -2.38. The topological polar surface area (TPSA) is 12.0 Å². The summed E-state index contributed by atoms with van der Waals surface area (Å²) in [6.45, 7) is 7.24. The zero-order valence-electron chi connectivity index (χ0n) is 12.8. The van der Waals surface area contributed by atoms with Gasteiger partial charge in [0, 0.05) is 12.1 Å². The summed E-state index contributed by atoms with van der Waals surface area (Å²) in [5.74, 6) is 0.949. The predicted molar refractivity (Wildman–Crippen MR) is 79.8 cm³/mol. The molecule has 2 rings (SSSR count). The van der Waals surface area contributed by atoms with Crippen molar-refractivity contribution in [1.82, 2.24) is 5.32 Å². The van der Waals surface area contributed by atoms with Crippen molar-refractivity contribution in [2.45, 2.75) is 97.1 Å². The summed E-state index contributed by atoms with van der Waals surface area (Å²) in [7, 11) is 0. The van der Waals surface area contributed by atoms with E-state index < -0.39 is 0 Å². The van der Waals surface area contributed by atoms with Crippen LogP contribution in [0.3, 0.4) is 0 Å². The van der Waals surface area contributed by atoms with E-state index in [-0.39, 0.29) is 0 Å². The zero-order valence-corrected chi connectivity index (χ0v) is 12.8. The highest BCUT2D eigenvalue weighted by Gasteiger charge is 2.30. The van der Waals surface area contributed by atoms with Gasteiger partial charge in [-0.2, -0.15) is 0 Å². The van der Waals surface area contributed by atoms with Crippen LogP contribution in [0.4, 0.5) is 0 Å². The Kier molecular flexibility index (Phi) is 5.12. The highest BCUT2D eigenvalue weighted by atomic mass is 14.9. The molecule has 0 aromatic rings. The van der Waals surface area contributed by atoms with Crippen LogP contribution in [0, 0.1) is 11.3 Å². The van der Waals surface area contributed by atoms with E-state index in [4.69, 9.17) is 0 Å². The van der Waals surface area contributed by atoms with Gasteiger partial charge in [-0.05, 0) is 49.9 Å². The van der Waals surface area contributed by atoms with E-state index in [0.717, 1.165) is 18.0 Å². The van der Waals surface area contributed by atoms with Crippen LogP contribution < -0.4 is 5.32 Å². The molecule has 0 bridgehead atoms. The van der Waals surface area contributed by atoms with Crippen molar-refractivity contribution in [2.75, 3.05) is 0 Å². The van der Waals surface area contributed by atoms with Gasteiger partial charge in [0.05, 0.1) is 0 Å². The third-order valence-electron chi connectivity index (χ3n) is 5.28. The second kappa shape index (κ2) is 6.41. The fraction of sp³-hybridized carbons (Fsp3) is 1.00. The Labute approximate surface area is 114 Å². The maximum atomic E-state index is 3.97. The molecule has 2 aliphatic rings. The fourth-order valence-electron chi connectivity index (χ4n) is 3.91. The van der Waals surface area contributed by atoms with Crippen LogP contribution >= 0.6 is 0 Å². The molecule has 18 heavy (non-hydrogen) atoms. The average Bonchev–Trinajstić information content (AvgIpc) is 2.57. The Bertz CT molecular complexity index is 224. The normalized spacial score (nSPS) is 32.2. The maximum Gasteiger partial charge on any atom is 0.00698 e. The molecule has 0 spiro atoms. The molecular weight excluding hydrogens is 218 g/mol. The zero-order chi connectivity index (χ0) is 13.0. The Hall–Kier alpha value is -0.0400. The quantitative estimate of drug-likeness (QED) is 0.688. The first kappa shape index (κ1) is 14.4. The molecule has 2 saturated carbocycles. The Morgan fingerprint density at radius 3 is 1.67 bits per heavy atom. The van der Waals surface area contributed by atoms with Gasteiger partial charge < -0.3 is 5.32 Å². The molecule has 0 aromatic heterocycles. The standard InChI is InChI=1S/C17H33N/c1-17(2,3)14-10-12-16(13-11-14)18-15-8-6-4-5-7-9-15/h14-16,18H,4-13H2,1-3H3. The van der Waals surface area contributed by atoms with E-state index in [9.17, 15) is 0 Å². The van der Waals surface area contributed by atoms with E-state index in [1.165, 1.54) is 64.2 Å². The molecule has 1 nitrogen and oxygen atoms in total. The van der Waals surface area contributed by atoms with Crippen LogP contribution in [-0.2, 0) is 0 Å². The molecule has 0 unspecified atom stereocenters. The maximum absolute atomic E-state index is 3.97. The average molecular weight is 251 g/mol. The first-order chi connectivity index (χ1) is 8.55. The SMILES string of the molecule is CC(C)(C)C1CCC(NC2CCCCCC2)CC1. The van der Waals surface area contributed by atoms with Crippen molar-refractivity contribution in [2.24, 2.45) is 11.3 Å². The minimum atomic E-state index is 0.521. The van der Waals surface area contributed by atoms with Crippen LogP contribution in [0.2, 0.25) is 0 Å². The minimum Gasteiger partial charge on any atom is -0.311 e. The van der Waals surface area contributed by atoms with E-state index in [0.29, 0.717) is 5.41 Å². The fourth-order valence-corrected chi connectivity index (χ4v) is 3.91. The molecule has 0 atom stereocenters. The highest BCUT2D eigenvalue weighted by molar-refractivity contribution is 4.85. The summed E-state index contributed by atoms with van der Waals surface area (Å²) in [5.41, 5.74) is 0.521. The predicted octanol–water partition coefficient (Wildman–Crippen LogP) is 4.90. The van der Waals surface area contributed by atoms with Crippen molar-refractivity contribution in [3.8, 4) is 0 Å². The van der Waals surface area contributed by atoms with Gasteiger partial charge in [-0.3, -0.25) is 0 Å². The summed E-state index contributed by atoms with van der Waals surface area (Å²) in [6.07, 6.45) is 14.4. The van der Waals surface area contributed by atoms with Gasteiger partial charge in [0.25, 0.3) is 0 Å². The van der Waals surface area contributed by atoms with Crippen molar-refractivity contribution in [3.63, 3.8) is 0 Å². The molecule has 0 saturated heterocycles. The van der Waals surface area contributed by atoms with Crippen LogP contribution in [0.15, 0.2) is 0 Å². The Morgan fingerprint density at radius 2 is 1.17 bits per heavy atom. The molecule has 0 amide bonds.